The van der Waals surface area contributed by atoms with Crippen LogP contribution >= 0.6 is 11.6 Å². The number of rotatable bonds is 13. The SMILES string of the molecule is CCOc1ccc(N(CC(=O)N(Cc2ccccc2Cl)C(Cc2ccccc2)C(=O)NC)S(=O)(=O)c2ccc(F)cc2)cc1. The number of likely N-dealkylation sites (N-methyl/N-ethyl adjacent to an activating group) is 1. The number of carbonyl (C=O) groups is 2. The molecule has 0 saturated heterocycles. The highest BCUT2D eigenvalue weighted by atomic mass is 35.5. The van der Waals surface area contributed by atoms with Gasteiger partial charge in [0.15, 0.2) is 0 Å². The number of nitrogens with one attached hydrogen (secondary N) is 1. The minimum atomic E-state index is -4.36. The number of sulfonamides is 1. The molecule has 4 aromatic rings. The maximum Gasteiger partial charge on any atom is 0.264 e. The molecule has 0 saturated carbocycles. The normalized spacial score (nSPS) is 11.8. The molecule has 0 aliphatic heterocycles. The molecular weight excluding hydrogens is 605 g/mol. The lowest BCUT2D eigenvalue weighted by Crippen LogP contribution is -2.53. The van der Waals surface area contributed by atoms with Crippen molar-refractivity contribution in [2.45, 2.75) is 30.8 Å². The zero-order valence-electron chi connectivity index (χ0n) is 24.3. The van der Waals surface area contributed by atoms with E-state index in [1.54, 1.807) is 36.4 Å². The van der Waals surface area contributed by atoms with Crippen LogP contribution < -0.4 is 14.4 Å². The van der Waals surface area contributed by atoms with Gasteiger partial charge in [0.1, 0.15) is 24.2 Å². The fourth-order valence-corrected chi connectivity index (χ4v) is 6.28. The smallest absolute Gasteiger partial charge is 0.264 e. The summed E-state index contributed by atoms with van der Waals surface area (Å²) in [6.07, 6.45) is 0.171. The standard InChI is InChI=1S/C33H33ClFN3O5S/c1-3-43-28-17-15-27(16-18-28)38(44(41,42)29-19-13-26(35)14-20-29)23-32(39)37(22-25-11-7-8-12-30(25)34)31(33(40)36-2)21-24-9-5-4-6-10-24/h4-20,31H,3,21-23H2,1-2H3,(H,36,40). The molecule has 0 aromatic heterocycles. The van der Waals surface area contributed by atoms with E-state index in [2.05, 4.69) is 5.32 Å². The maximum absolute atomic E-state index is 14.3. The van der Waals surface area contributed by atoms with Crippen LogP contribution in [-0.4, -0.2) is 51.4 Å². The highest BCUT2D eigenvalue weighted by molar-refractivity contribution is 7.92. The number of ether oxygens (including phenoxy) is 1. The molecule has 0 spiro atoms. The van der Waals surface area contributed by atoms with Crippen molar-refractivity contribution >= 4 is 39.1 Å². The van der Waals surface area contributed by atoms with Crippen molar-refractivity contribution in [3.8, 4) is 5.75 Å². The van der Waals surface area contributed by atoms with Gasteiger partial charge >= 0.3 is 0 Å². The Morgan fingerprint density at radius 1 is 0.909 bits per heavy atom. The first kappa shape index (κ1) is 32.5. The van der Waals surface area contributed by atoms with E-state index in [9.17, 15) is 22.4 Å². The van der Waals surface area contributed by atoms with Gasteiger partial charge in [-0.15, -0.1) is 0 Å². The van der Waals surface area contributed by atoms with Crippen molar-refractivity contribution in [3.05, 3.63) is 125 Å². The van der Waals surface area contributed by atoms with Gasteiger partial charge in [-0.25, -0.2) is 12.8 Å². The lowest BCUT2D eigenvalue weighted by atomic mass is 10.0. The van der Waals surface area contributed by atoms with Crippen LogP contribution in [0.4, 0.5) is 10.1 Å². The van der Waals surface area contributed by atoms with Crippen molar-refractivity contribution in [3.63, 3.8) is 0 Å². The van der Waals surface area contributed by atoms with Gasteiger partial charge in [0, 0.05) is 25.0 Å². The topological polar surface area (TPSA) is 96.0 Å². The van der Waals surface area contributed by atoms with Gasteiger partial charge in [0.05, 0.1) is 17.2 Å². The summed E-state index contributed by atoms with van der Waals surface area (Å²) < 4.78 is 48.1. The van der Waals surface area contributed by atoms with Crippen molar-refractivity contribution in [1.82, 2.24) is 10.2 Å². The van der Waals surface area contributed by atoms with Crippen LogP contribution in [0.1, 0.15) is 18.1 Å². The quantitative estimate of drug-likeness (QED) is 0.210. The molecule has 0 aliphatic rings. The van der Waals surface area contributed by atoms with Crippen LogP contribution in [-0.2, 0) is 32.6 Å². The average Bonchev–Trinajstić information content (AvgIpc) is 3.03. The van der Waals surface area contributed by atoms with Crippen LogP contribution in [0.3, 0.4) is 0 Å². The minimum Gasteiger partial charge on any atom is -0.494 e. The summed E-state index contributed by atoms with van der Waals surface area (Å²) >= 11 is 6.47. The Morgan fingerprint density at radius 3 is 2.16 bits per heavy atom. The van der Waals surface area contributed by atoms with E-state index in [0.29, 0.717) is 22.9 Å². The zero-order valence-corrected chi connectivity index (χ0v) is 25.9. The van der Waals surface area contributed by atoms with E-state index in [1.807, 2.05) is 37.3 Å². The monoisotopic (exact) mass is 637 g/mol. The molecule has 0 heterocycles. The molecule has 0 fully saturated rings. The summed E-state index contributed by atoms with van der Waals surface area (Å²) in [6.45, 7) is 1.52. The van der Waals surface area contributed by atoms with Gasteiger partial charge in [-0.05, 0) is 72.6 Å². The summed E-state index contributed by atoms with van der Waals surface area (Å²) in [7, 11) is -2.89. The second kappa shape index (κ2) is 14.9. The van der Waals surface area contributed by atoms with Crippen molar-refractivity contribution in [1.29, 1.82) is 0 Å². The molecule has 4 aromatic carbocycles. The number of amides is 2. The second-order valence-electron chi connectivity index (χ2n) is 9.83. The van der Waals surface area contributed by atoms with Crippen molar-refractivity contribution in [2.24, 2.45) is 0 Å². The first-order chi connectivity index (χ1) is 21.1. The molecular formula is C33H33ClFN3O5S. The van der Waals surface area contributed by atoms with Gasteiger partial charge in [-0.1, -0.05) is 60.1 Å². The molecule has 0 aliphatic carbocycles. The zero-order chi connectivity index (χ0) is 31.7. The number of benzene rings is 4. The van der Waals surface area contributed by atoms with Crippen LogP contribution in [0.2, 0.25) is 5.02 Å². The van der Waals surface area contributed by atoms with E-state index in [0.717, 1.165) is 34.1 Å². The number of nitrogens with zero attached hydrogens (tertiary/aromatic N) is 2. The lowest BCUT2D eigenvalue weighted by Gasteiger charge is -2.33. The lowest BCUT2D eigenvalue weighted by molar-refractivity contribution is -0.139. The van der Waals surface area contributed by atoms with Crippen LogP contribution in [0, 0.1) is 5.82 Å². The number of carbonyl (C=O) groups excluding carboxylic acids is 2. The van der Waals surface area contributed by atoms with Gasteiger partial charge < -0.3 is 15.0 Å². The third-order valence-corrected chi connectivity index (χ3v) is 9.09. The summed E-state index contributed by atoms with van der Waals surface area (Å²) in [5.41, 5.74) is 1.57. The summed E-state index contributed by atoms with van der Waals surface area (Å²) in [4.78, 5) is 28.8. The third kappa shape index (κ3) is 7.94. The molecule has 1 atom stereocenters. The van der Waals surface area contributed by atoms with Crippen LogP contribution in [0.25, 0.3) is 0 Å². The van der Waals surface area contributed by atoms with Crippen LogP contribution in [0.15, 0.2) is 108 Å². The fourth-order valence-electron chi connectivity index (χ4n) is 4.67. The predicted molar refractivity (Wildman–Crippen MR) is 169 cm³/mol. The maximum atomic E-state index is 14.3. The van der Waals surface area contributed by atoms with Crippen LogP contribution in [0.5, 0.6) is 5.75 Å². The number of anilines is 1. The highest BCUT2D eigenvalue weighted by Crippen LogP contribution is 2.28. The average molecular weight is 638 g/mol. The number of hydrogen-bond donors (Lipinski definition) is 1. The third-order valence-electron chi connectivity index (χ3n) is 6.93. The molecule has 0 bridgehead atoms. The Hall–Kier alpha value is -4.41. The predicted octanol–water partition coefficient (Wildman–Crippen LogP) is 5.46. The largest absolute Gasteiger partial charge is 0.494 e. The molecule has 0 radical (unpaired) electrons. The van der Waals surface area contributed by atoms with Gasteiger partial charge in [-0.2, -0.15) is 0 Å². The van der Waals surface area contributed by atoms with E-state index in [4.69, 9.17) is 16.3 Å². The van der Waals surface area contributed by atoms with Gasteiger partial charge in [-0.3, -0.25) is 13.9 Å². The van der Waals surface area contributed by atoms with E-state index >= 15 is 0 Å². The molecule has 2 amide bonds. The van der Waals surface area contributed by atoms with Gasteiger partial charge in [0.2, 0.25) is 11.8 Å². The first-order valence-electron chi connectivity index (χ1n) is 13.9. The Morgan fingerprint density at radius 2 is 1.55 bits per heavy atom. The van der Waals surface area contributed by atoms with E-state index < -0.39 is 40.2 Å². The molecule has 11 heteroatoms. The van der Waals surface area contributed by atoms with Crippen molar-refractivity contribution < 1.29 is 27.1 Å². The molecule has 44 heavy (non-hydrogen) atoms. The second-order valence-corrected chi connectivity index (χ2v) is 12.1. The molecule has 230 valence electrons. The van der Waals surface area contributed by atoms with E-state index in [1.165, 1.54) is 24.1 Å². The Labute approximate surface area is 262 Å². The molecule has 1 unspecified atom stereocenters. The molecule has 1 N–H and O–H groups in total. The molecule has 4 rings (SSSR count). The Kier molecular flexibility index (Phi) is 11.0. The highest BCUT2D eigenvalue weighted by Gasteiger charge is 2.34. The first-order valence-corrected chi connectivity index (χ1v) is 15.8. The Balaban J connectivity index is 1.79. The summed E-state index contributed by atoms with van der Waals surface area (Å²) in [5, 5.41) is 3.03. The summed E-state index contributed by atoms with van der Waals surface area (Å²) in [5.74, 6) is -1.16. The van der Waals surface area contributed by atoms with Gasteiger partial charge in [0.25, 0.3) is 10.0 Å². The van der Waals surface area contributed by atoms with Crippen molar-refractivity contribution in [2.75, 3.05) is 24.5 Å². The number of hydrogen-bond acceptors (Lipinski definition) is 5. The Bertz CT molecular complexity index is 1670. The number of halogens is 2. The fraction of sp³-hybridized carbons (Fsp3) is 0.212. The minimum absolute atomic E-state index is 0.0584. The summed E-state index contributed by atoms with van der Waals surface area (Å²) in [6, 6.07) is 25.7. The van der Waals surface area contributed by atoms with E-state index in [-0.39, 0.29) is 23.5 Å². The molecule has 8 nitrogen and oxygen atoms in total.